The molecule has 2 rings (SSSR count). The molecule has 0 amide bonds. The lowest BCUT2D eigenvalue weighted by Gasteiger charge is -2.41. The van der Waals surface area contributed by atoms with E-state index in [0.717, 1.165) is 5.56 Å². The van der Waals surface area contributed by atoms with Gasteiger partial charge in [0, 0.05) is 13.8 Å². The van der Waals surface area contributed by atoms with E-state index in [-0.39, 0.29) is 13.2 Å². The minimum absolute atomic E-state index is 0.132. The van der Waals surface area contributed by atoms with Gasteiger partial charge in [0.25, 0.3) is 0 Å². The summed E-state index contributed by atoms with van der Waals surface area (Å²) in [6.45, 7) is 2.31. The number of carbonyl (C=O) groups excluding carboxylic acids is 2. The maximum absolute atomic E-state index is 11.4. The fraction of sp³-hybridized carbons (Fsp3) is 0.529. The zero-order valence-electron chi connectivity index (χ0n) is 14.0. The molecule has 1 aliphatic rings. The third-order valence-corrected chi connectivity index (χ3v) is 3.67. The molecule has 1 aliphatic heterocycles. The van der Waals surface area contributed by atoms with E-state index in [9.17, 15) is 19.8 Å². The minimum atomic E-state index is -1.56. The van der Waals surface area contributed by atoms with Crippen LogP contribution >= 0.6 is 0 Å². The van der Waals surface area contributed by atoms with Crippen LogP contribution in [0.15, 0.2) is 30.3 Å². The molecule has 1 aromatic rings. The van der Waals surface area contributed by atoms with Gasteiger partial charge in [0.15, 0.2) is 12.4 Å². The number of benzene rings is 1. The van der Waals surface area contributed by atoms with Crippen LogP contribution in [0.4, 0.5) is 0 Å². The summed E-state index contributed by atoms with van der Waals surface area (Å²) in [5.41, 5.74) is 0.841. The van der Waals surface area contributed by atoms with E-state index >= 15 is 0 Å². The van der Waals surface area contributed by atoms with Gasteiger partial charge >= 0.3 is 11.9 Å². The van der Waals surface area contributed by atoms with Crippen LogP contribution in [0.2, 0.25) is 0 Å². The van der Waals surface area contributed by atoms with Crippen molar-refractivity contribution in [2.45, 2.75) is 51.2 Å². The summed E-state index contributed by atoms with van der Waals surface area (Å²) in [4.78, 5) is 22.4. The Bertz CT molecular complexity index is 575. The normalized spacial score (nSPS) is 29.0. The first-order chi connectivity index (χ1) is 11.9. The number of ether oxygens (including phenoxy) is 4. The summed E-state index contributed by atoms with van der Waals surface area (Å²) in [6, 6.07) is 9.19. The Labute approximate surface area is 145 Å². The lowest BCUT2D eigenvalue weighted by molar-refractivity contribution is -0.299. The summed E-state index contributed by atoms with van der Waals surface area (Å²) in [5, 5.41) is 20.1. The van der Waals surface area contributed by atoms with Gasteiger partial charge in [-0.05, 0) is 5.56 Å². The van der Waals surface area contributed by atoms with Gasteiger partial charge < -0.3 is 29.2 Å². The predicted octanol–water partition coefficient (Wildman–Crippen LogP) is 0.145. The number of rotatable bonds is 6. The van der Waals surface area contributed by atoms with Gasteiger partial charge in [-0.3, -0.25) is 9.59 Å². The molecule has 25 heavy (non-hydrogen) atoms. The van der Waals surface area contributed by atoms with E-state index in [2.05, 4.69) is 0 Å². The van der Waals surface area contributed by atoms with Crippen LogP contribution in [0, 0.1) is 0 Å². The van der Waals surface area contributed by atoms with Crippen LogP contribution in [-0.4, -0.2) is 59.5 Å². The van der Waals surface area contributed by atoms with Crippen molar-refractivity contribution in [3.05, 3.63) is 35.9 Å². The van der Waals surface area contributed by atoms with Gasteiger partial charge in [-0.1, -0.05) is 30.3 Å². The molecular formula is C17H22O8. The second kappa shape index (κ2) is 8.91. The molecule has 0 unspecified atom stereocenters. The predicted molar refractivity (Wildman–Crippen MR) is 84.1 cm³/mol. The number of aliphatic hydroxyl groups is 2. The summed E-state index contributed by atoms with van der Waals surface area (Å²) < 4.78 is 21.0. The largest absolute Gasteiger partial charge is 0.463 e. The van der Waals surface area contributed by atoms with Crippen LogP contribution in [0.5, 0.6) is 0 Å². The van der Waals surface area contributed by atoms with Crippen molar-refractivity contribution in [2.75, 3.05) is 6.61 Å². The van der Waals surface area contributed by atoms with Crippen LogP contribution < -0.4 is 0 Å². The van der Waals surface area contributed by atoms with Crippen LogP contribution in [0.3, 0.4) is 0 Å². The summed E-state index contributed by atoms with van der Waals surface area (Å²) in [6.07, 6.45) is -6.05. The molecule has 0 aliphatic carbocycles. The Hall–Kier alpha value is -2.00. The van der Waals surface area contributed by atoms with Gasteiger partial charge in [-0.2, -0.15) is 0 Å². The van der Waals surface area contributed by atoms with E-state index in [1.807, 2.05) is 30.3 Å². The van der Waals surface area contributed by atoms with Crippen molar-refractivity contribution in [3.63, 3.8) is 0 Å². The fourth-order valence-corrected chi connectivity index (χ4v) is 2.53. The van der Waals surface area contributed by atoms with Crippen molar-refractivity contribution >= 4 is 11.9 Å². The monoisotopic (exact) mass is 354 g/mol. The lowest BCUT2D eigenvalue weighted by atomic mass is 9.98. The first-order valence-electron chi connectivity index (χ1n) is 7.86. The van der Waals surface area contributed by atoms with Crippen molar-refractivity contribution in [1.82, 2.24) is 0 Å². The van der Waals surface area contributed by atoms with E-state index in [0.29, 0.717) is 0 Å². The summed E-state index contributed by atoms with van der Waals surface area (Å²) >= 11 is 0. The molecule has 1 fully saturated rings. The Kier molecular flexibility index (Phi) is 6.89. The number of esters is 2. The number of aliphatic hydroxyl groups excluding tert-OH is 2. The van der Waals surface area contributed by atoms with Crippen molar-refractivity contribution < 1.29 is 38.7 Å². The number of carbonyl (C=O) groups is 2. The third-order valence-electron chi connectivity index (χ3n) is 3.67. The standard InChI is InChI=1S/C17H22O8/c1-10(18)22-9-13-15(24-11(2)19)16(14(20)17(21)25-13)23-8-12-6-4-3-5-7-12/h3-7,13-17,20-21H,8-9H2,1-2H3/t13-,14-,15-,16-,17-/m1/s1. The number of hydrogen-bond donors (Lipinski definition) is 2. The van der Waals surface area contributed by atoms with E-state index in [4.69, 9.17) is 18.9 Å². The molecule has 8 heteroatoms. The molecule has 1 heterocycles. The SMILES string of the molecule is CC(=O)OC[C@H]1O[C@@H](O)[C@H](O)[C@@H](OCc2ccccc2)[C@@H]1OC(C)=O. The second-order valence-electron chi connectivity index (χ2n) is 5.69. The minimum Gasteiger partial charge on any atom is -0.463 e. The molecule has 0 bridgehead atoms. The van der Waals surface area contributed by atoms with Gasteiger partial charge in [0.05, 0.1) is 6.61 Å². The third kappa shape index (κ3) is 5.50. The highest BCUT2D eigenvalue weighted by Gasteiger charge is 2.48. The molecule has 1 aromatic carbocycles. The molecule has 0 radical (unpaired) electrons. The second-order valence-corrected chi connectivity index (χ2v) is 5.69. The molecule has 0 saturated carbocycles. The molecule has 8 nitrogen and oxygen atoms in total. The van der Waals surface area contributed by atoms with E-state index < -0.39 is 42.6 Å². The Balaban J connectivity index is 2.14. The quantitative estimate of drug-likeness (QED) is 0.694. The highest BCUT2D eigenvalue weighted by molar-refractivity contribution is 5.66. The average Bonchev–Trinajstić information content (AvgIpc) is 2.56. The van der Waals surface area contributed by atoms with Crippen LogP contribution in [-0.2, 0) is 35.1 Å². The first kappa shape index (κ1) is 19.3. The van der Waals surface area contributed by atoms with Gasteiger partial charge in [0.2, 0.25) is 0 Å². The Morgan fingerprint density at radius 3 is 2.36 bits per heavy atom. The highest BCUT2D eigenvalue weighted by Crippen LogP contribution is 2.26. The van der Waals surface area contributed by atoms with Crippen molar-refractivity contribution in [2.24, 2.45) is 0 Å². The zero-order chi connectivity index (χ0) is 18.4. The smallest absolute Gasteiger partial charge is 0.303 e. The summed E-state index contributed by atoms with van der Waals surface area (Å²) in [7, 11) is 0. The zero-order valence-corrected chi connectivity index (χ0v) is 14.0. The van der Waals surface area contributed by atoms with Crippen LogP contribution in [0.1, 0.15) is 19.4 Å². The molecule has 138 valence electrons. The highest BCUT2D eigenvalue weighted by atomic mass is 16.7. The molecular weight excluding hydrogens is 332 g/mol. The van der Waals surface area contributed by atoms with E-state index in [1.165, 1.54) is 13.8 Å². The van der Waals surface area contributed by atoms with Gasteiger partial charge in [-0.15, -0.1) is 0 Å². The average molecular weight is 354 g/mol. The van der Waals surface area contributed by atoms with Crippen molar-refractivity contribution in [3.8, 4) is 0 Å². The Morgan fingerprint density at radius 1 is 1.08 bits per heavy atom. The molecule has 1 saturated heterocycles. The Morgan fingerprint density at radius 2 is 1.76 bits per heavy atom. The van der Waals surface area contributed by atoms with Crippen LogP contribution in [0.25, 0.3) is 0 Å². The number of hydrogen-bond acceptors (Lipinski definition) is 8. The summed E-state index contributed by atoms with van der Waals surface area (Å²) in [5.74, 6) is -1.16. The molecule has 0 spiro atoms. The topological polar surface area (TPSA) is 112 Å². The maximum Gasteiger partial charge on any atom is 0.303 e. The molecule has 5 atom stereocenters. The van der Waals surface area contributed by atoms with E-state index in [1.54, 1.807) is 0 Å². The first-order valence-corrected chi connectivity index (χ1v) is 7.86. The van der Waals surface area contributed by atoms with Gasteiger partial charge in [0.1, 0.15) is 24.9 Å². The maximum atomic E-state index is 11.4. The molecule has 0 aromatic heterocycles. The van der Waals surface area contributed by atoms with Gasteiger partial charge in [-0.25, -0.2) is 0 Å². The van der Waals surface area contributed by atoms with Crippen molar-refractivity contribution in [1.29, 1.82) is 0 Å². The fourth-order valence-electron chi connectivity index (χ4n) is 2.53. The molecule has 2 N–H and O–H groups in total. The lowest BCUT2D eigenvalue weighted by Crippen LogP contribution is -2.60.